The third-order valence-electron chi connectivity index (χ3n) is 3.31. The van der Waals surface area contributed by atoms with Crippen molar-refractivity contribution in [2.75, 3.05) is 5.32 Å². The monoisotopic (exact) mass is 377 g/mol. The average molecular weight is 378 g/mol. The number of hydrogen-bond donors (Lipinski definition) is 2. The summed E-state index contributed by atoms with van der Waals surface area (Å²) in [6.07, 6.45) is 0.00541. The first-order chi connectivity index (χ1) is 12.0. The number of anilines is 1. The molecule has 0 radical (unpaired) electrons. The second kappa shape index (κ2) is 7.67. The molecule has 1 saturated heterocycles. The number of thioether (sulfide) groups is 1. The molecule has 1 aliphatic rings. The molecule has 0 saturated carbocycles. The molecular formula is C17H13ClFN3O2S. The standard InChI is InChI=1S/C17H13ClFN3O2S/c18-10-2-1-3-13(8-10)20-15(23)9-14-16(24)22-17(25-14)21-12-6-4-11(19)5-7-12/h1-8,14H,9H2,(H,20,23)(H,21,22,24)/t14-/m1/s1. The van der Waals surface area contributed by atoms with E-state index < -0.39 is 5.25 Å². The van der Waals surface area contributed by atoms with Crippen LogP contribution in [-0.4, -0.2) is 22.2 Å². The zero-order valence-corrected chi connectivity index (χ0v) is 14.4. The molecule has 1 aliphatic heterocycles. The van der Waals surface area contributed by atoms with E-state index in [9.17, 15) is 14.0 Å². The van der Waals surface area contributed by atoms with Crippen molar-refractivity contribution in [3.8, 4) is 0 Å². The van der Waals surface area contributed by atoms with Crippen LogP contribution in [0.5, 0.6) is 0 Å². The van der Waals surface area contributed by atoms with Gasteiger partial charge in [0.15, 0.2) is 5.17 Å². The van der Waals surface area contributed by atoms with Gasteiger partial charge in [-0.3, -0.25) is 9.59 Å². The molecule has 1 fully saturated rings. The quantitative estimate of drug-likeness (QED) is 0.852. The van der Waals surface area contributed by atoms with Crippen molar-refractivity contribution in [2.45, 2.75) is 11.7 Å². The number of nitrogens with one attached hydrogen (secondary N) is 2. The summed E-state index contributed by atoms with van der Waals surface area (Å²) in [7, 11) is 0. The van der Waals surface area contributed by atoms with E-state index in [2.05, 4.69) is 15.6 Å². The van der Waals surface area contributed by atoms with Crippen molar-refractivity contribution in [2.24, 2.45) is 4.99 Å². The van der Waals surface area contributed by atoms with E-state index in [4.69, 9.17) is 11.6 Å². The zero-order valence-electron chi connectivity index (χ0n) is 12.8. The summed E-state index contributed by atoms with van der Waals surface area (Å²) >= 11 is 7.04. The fraction of sp³-hybridized carbons (Fsp3) is 0.118. The maximum atomic E-state index is 12.9. The van der Waals surface area contributed by atoms with Gasteiger partial charge in [-0.25, -0.2) is 9.38 Å². The Bertz CT molecular complexity index is 842. The van der Waals surface area contributed by atoms with E-state index in [0.29, 0.717) is 21.6 Å². The van der Waals surface area contributed by atoms with Crippen LogP contribution < -0.4 is 10.6 Å². The van der Waals surface area contributed by atoms with Gasteiger partial charge in [0, 0.05) is 17.1 Å². The van der Waals surface area contributed by atoms with Crippen molar-refractivity contribution in [3.63, 3.8) is 0 Å². The molecule has 2 amide bonds. The topological polar surface area (TPSA) is 70.6 Å². The molecule has 0 aromatic heterocycles. The number of amides is 2. The number of benzene rings is 2. The summed E-state index contributed by atoms with van der Waals surface area (Å²) in [6, 6.07) is 12.4. The Labute approximate surface area is 152 Å². The summed E-state index contributed by atoms with van der Waals surface area (Å²) in [5.74, 6) is -0.937. The van der Waals surface area contributed by atoms with Crippen LogP contribution in [-0.2, 0) is 9.59 Å². The summed E-state index contributed by atoms with van der Waals surface area (Å²) < 4.78 is 12.9. The van der Waals surface area contributed by atoms with Gasteiger partial charge in [-0.15, -0.1) is 0 Å². The molecule has 0 spiro atoms. The highest BCUT2D eigenvalue weighted by Crippen LogP contribution is 2.26. The van der Waals surface area contributed by atoms with Crippen molar-refractivity contribution in [1.82, 2.24) is 5.32 Å². The maximum absolute atomic E-state index is 12.9. The van der Waals surface area contributed by atoms with Gasteiger partial charge in [0.1, 0.15) is 11.1 Å². The number of hydrogen-bond acceptors (Lipinski definition) is 4. The van der Waals surface area contributed by atoms with E-state index in [1.807, 2.05) is 0 Å². The number of amidine groups is 1. The largest absolute Gasteiger partial charge is 0.326 e. The molecule has 5 nitrogen and oxygen atoms in total. The number of halogens is 2. The second-order valence-corrected chi connectivity index (χ2v) is 6.88. The Balaban J connectivity index is 1.61. The molecule has 2 N–H and O–H groups in total. The van der Waals surface area contributed by atoms with Gasteiger partial charge in [-0.2, -0.15) is 0 Å². The molecule has 25 heavy (non-hydrogen) atoms. The zero-order chi connectivity index (χ0) is 17.8. The van der Waals surface area contributed by atoms with Gasteiger partial charge in [-0.05, 0) is 42.5 Å². The predicted molar refractivity (Wildman–Crippen MR) is 97.7 cm³/mol. The van der Waals surface area contributed by atoms with E-state index in [1.165, 1.54) is 36.0 Å². The lowest BCUT2D eigenvalue weighted by Crippen LogP contribution is -2.28. The number of rotatable bonds is 4. The highest BCUT2D eigenvalue weighted by molar-refractivity contribution is 8.15. The molecule has 1 heterocycles. The van der Waals surface area contributed by atoms with Crippen molar-refractivity contribution < 1.29 is 14.0 Å². The number of carbonyl (C=O) groups is 2. The second-order valence-electron chi connectivity index (χ2n) is 5.25. The van der Waals surface area contributed by atoms with Crippen molar-refractivity contribution >= 4 is 51.7 Å². The molecule has 0 bridgehead atoms. The third kappa shape index (κ3) is 4.80. The fourth-order valence-corrected chi connectivity index (χ4v) is 3.35. The Morgan fingerprint density at radius 1 is 1.28 bits per heavy atom. The van der Waals surface area contributed by atoms with Gasteiger partial charge >= 0.3 is 0 Å². The van der Waals surface area contributed by atoms with Gasteiger partial charge in [-0.1, -0.05) is 29.4 Å². The molecule has 2 aromatic carbocycles. The highest BCUT2D eigenvalue weighted by atomic mass is 35.5. The minimum Gasteiger partial charge on any atom is -0.326 e. The number of carbonyl (C=O) groups excluding carboxylic acids is 2. The van der Waals surface area contributed by atoms with E-state index in [1.54, 1.807) is 24.3 Å². The number of nitrogens with zero attached hydrogens (tertiary/aromatic N) is 1. The van der Waals surface area contributed by atoms with E-state index >= 15 is 0 Å². The van der Waals surface area contributed by atoms with Crippen LogP contribution in [0.15, 0.2) is 53.5 Å². The first-order valence-electron chi connectivity index (χ1n) is 7.37. The van der Waals surface area contributed by atoms with Gasteiger partial charge in [0.2, 0.25) is 11.8 Å². The van der Waals surface area contributed by atoms with Crippen LogP contribution in [0, 0.1) is 5.82 Å². The third-order valence-corrected chi connectivity index (χ3v) is 4.63. The lowest BCUT2D eigenvalue weighted by Gasteiger charge is -2.07. The molecule has 8 heteroatoms. The van der Waals surface area contributed by atoms with Crippen molar-refractivity contribution in [1.29, 1.82) is 0 Å². The van der Waals surface area contributed by atoms with E-state index in [-0.39, 0.29) is 24.1 Å². The molecule has 1 atom stereocenters. The van der Waals surface area contributed by atoms with Crippen molar-refractivity contribution in [3.05, 3.63) is 59.4 Å². The normalized spacial score (nSPS) is 18.2. The average Bonchev–Trinajstić information content (AvgIpc) is 2.89. The van der Waals surface area contributed by atoms with E-state index in [0.717, 1.165) is 0 Å². The highest BCUT2D eigenvalue weighted by Gasteiger charge is 2.32. The van der Waals surface area contributed by atoms with Crippen LogP contribution >= 0.6 is 23.4 Å². The van der Waals surface area contributed by atoms with Crippen LogP contribution in [0.25, 0.3) is 0 Å². The van der Waals surface area contributed by atoms with Gasteiger partial charge in [0.25, 0.3) is 0 Å². The SMILES string of the molecule is O=C(C[C@H]1SC(=Nc2ccc(F)cc2)NC1=O)Nc1cccc(Cl)c1. The summed E-state index contributed by atoms with van der Waals surface area (Å²) in [5.41, 5.74) is 1.09. The molecular weight excluding hydrogens is 365 g/mol. The Kier molecular flexibility index (Phi) is 5.35. The Hall–Kier alpha value is -2.38. The molecule has 128 valence electrons. The summed E-state index contributed by atoms with van der Waals surface area (Å²) in [6.45, 7) is 0. The molecule has 2 aromatic rings. The van der Waals surface area contributed by atoms with Crippen LogP contribution in [0.3, 0.4) is 0 Å². The molecule has 3 rings (SSSR count). The minimum atomic E-state index is -0.571. The Morgan fingerprint density at radius 2 is 2.04 bits per heavy atom. The Morgan fingerprint density at radius 3 is 2.76 bits per heavy atom. The molecule has 0 unspecified atom stereocenters. The number of aliphatic imine (C=N–C) groups is 1. The fourth-order valence-electron chi connectivity index (χ4n) is 2.17. The first kappa shape index (κ1) is 17.4. The van der Waals surface area contributed by atoms with Crippen LogP contribution in [0.1, 0.15) is 6.42 Å². The lowest BCUT2D eigenvalue weighted by molar-refractivity contribution is -0.122. The summed E-state index contributed by atoms with van der Waals surface area (Å²) in [5, 5.41) is 5.66. The van der Waals surface area contributed by atoms with Crippen LogP contribution in [0.4, 0.5) is 15.8 Å². The van der Waals surface area contributed by atoms with Gasteiger partial charge in [0.05, 0.1) is 5.69 Å². The lowest BCUT2D eigenvalue weighted by atomic mass is 10.2. The molecule has 0 aliphatic carbocycles. The smallest absolute Gasteiger partial charge is 0.240 e. The minimum absolute atomic E-state index is 0.00541. The van der Waals surface area contributed by atoms with Gasteiger partial charge < -0.3 is 10.6 Å². The predicted octanol–water partition coefficient (Wildman–Crippen LogP) is 3.73. The first-order valence-corrected chi connectivity index (χ1v) is 8.62. The van der Waals surface area contributed by atoms with Crippen LogP contribution in [0.2, 0.25) is 5.02 Å². The summed E-state index contributed by atoms with van der Waals surface area (Å²) in [4.78, 5) is 28.3. The maximum Gasteiger partial charge on any atom is 0.240 e.